The van der Waals surface area contributed by atoms with Gasteiger partial charge in [0, 0.05) is 23.5 Å². The summed E-state index contributed by atoms with van der Waals surface area (Å²) in [6, 6.07) is 13.4. The van der Waals surface area contributed by atoms with Crippen molar-refractivity contribution in [1.29, 1.82) is 0 Å². The van der Waals surface area contributed by atoms with Crippen molar-refractivity contribution in [2.24, 2.45) is 0 Å². The van der Waals surface area contributed by atoms with Gasteiger partial charge in [0.2, 0.25) is 0 Å². The molecule has 3 nitrogen and oxygen atoms in total. The van der Waals surface area contributed by atoms with Crippen LogP contribution in [0.5, 0.6) is 0 Å². The number of carbonyl (C=O) groups excluding carboxylic acids is 1. The highest BCUT2D eigenvalue weighted by Gasteiger charge is 2.21. The highest BCUT2D eigenvalue weighted by atomic mass is 35.5. The average Bonchev–Trinajstić information content (AvgIpc) is 2.53. The molecule has 0 aliphatic heterocycles. The van der Waals surface area contributed by atoms with Crippen LogP contribution in [-0.2, 0) is 12.0 Å². The molecule has 0 atom stereocenters. The van der Waals surface area contributed by atoms with E-state index in [0.717, 1.165) is 11.1 Å². The lowest BCUT2D eigenvalue weighted by Gasteiger charge is -2.25. The largest absolute Gasteiger partial charge is 0.337 e. The Morgan fingerprint density at radius 3 is 2.26 bits per heavy atom. The highest BCUT2D eigenvalue weighted by Crippen LogP contribution is 2.23. The molecule has 2 N–H and O–H groups in total. The Labute approximate surface area is 140 Å². The first-order chi connectivity index (χ1) is 10.9. The second-order valence-electron chi connectivity index (χ2n) is 6.05. The molecule has 0 aromatic heterocycles. The maximum atomic E-state index is 12.8. The molecule has 0 spiro atoms. The fraction of sp³-hybridized carbons (Fsp3) is 0.278. The first kappa shape index (κ1) is 17.3. The van der Waals surface area contributed by atoms with Crippen LogP contribution in [0.3, 0.4) is 0 Å². The van der Waals surface area contributed by atoms with Crippen LogP contribution < -0.4 is 10.6 Å². The number of hydrogen-bond acceptors (Lipinski definition) is 1. The predicted molar refractivity (Wildman–Crippen MR) is 91.1 cm³/mol. The Morgan fingerprint density at radius 1 is 1.04 bits per heavy atom. The number of nitrogens with one attached hydrogen (secondary N) is 2. The summed E-state index contributed by atoms with van der Waals surface area (Å²) in [6.45, 7) is 4.95. The average molecular weight is 335 g/mol. The van der Waals surface area contributed by atoms with Crippen LogP contribution in [0.1, 0.15) is 25.0 Å². The number of benzene rings is 2. The van der Waals surface area contributed by atoms with Gasteiger partial charge in [-0.05, 0) is 35.4 Å². The summed E-state index contributed by atoms with van der Waals surface area (Å²) in [4.78, 5) is 11.9. The Bertz CT molecular complexity index is 654. The molecule has 0 aliphatic rings. The van der Waals surface area contributed by atoms with Gasteiger partial charge in [-0.15, -0.1) is 0 Å². The van der Waals surface area contributed by atoms with E-state index in [0.29, 0.717) is 18.1 Å². The van der Waals surface area contributed by atoms with Crippen LogP contribution in [0.25, 0.3) is 0 Å². The highest BCUT2D eigenvalue weighted by molar-refractivity contribution is 6.30. The van der Waals surface area contributed by atoms with Crippen LogP contribution in [-0.4, -0.2) is 12.6 Å². The second-order valence-corrected chi connectivity index (χ2v) is 6.49. The number of carbonyl (C=O) groups is 1. The van der Waals surface area contributed by atoms with Crippen LogP contribution in [0, 0.1) is 5.82 Å². The Morgan fingerprint density at radius 2 is 1.65 bits per heavy atom. The number of amides is 2. The van der Waals surface area contributed by atoms with Gasteiger partial charge in [0.1, 0.15) is 5.82 Å². The maximum Gasteiger partial charge on any atom is 0.315 e. The molecule has 2 aromatic rings. The van der Waals surface area contributed by atoms with E-state index < -0.39 is 0 Å². The van der Waals surface area contributed by atoms with Crippen molar-refractivity contribution in [3.05, 3.63) is 70.5 Å². The molecule has 0 fully saturated rings. The quantitative estimate of drug-likeness (QED) is 0.843. The van der Waals surface area contributed by atoms with E-state index in [1.807, 2.05) is 24.3 Å². The number of urea groups is 1. The van der Waals surface area contributed by atoms with Crippen LogP contribution in [0.15, 0.2) is 48.5 Å². The third kappa shape index (κ3) is 5.25. The Balaban J connectivity index is 1.83. The van der Waals surface area contributed by atoms with E-state index in [9.17, 15) is 9.18 Å². The number of hydrogen-bond donors (Lipinski definition) is 2. The molecule has 2 rings (SSSR count). The molecular weight excluding hydrogens is 315 g/mol. The van der Waals surface area contributed by atoms with Gasteiger partial charge in [-0.1, -0.05) is 49.7 Å². The number of halogens is 2. The van der Waals surface area contributed by atoms with Gasteiger partial charge in [-0.2, -0.15) is 0 Å². The molecule has 0 heterocycles. The molecule has 0 unspecified atom stereocenters. The van der Waals surface area contributed by atoms with Gasteiger partial charge >= 0.3 is 6.03 Å². The van der Waals surface area contributed by atoms with Crippen LogP contribution >= 0.6 is 11.6 Å². The van der Waals surface area contributed by atoms with Gasteiger partial charge in [0.05, 0.1) is 0 Å². The van der Waals surface area contributed by atoms with Gasteiger partial charge in [-0.25, -0.2) is 9.18 Å². The van der Waals surface area contributed by atoms with E-state index in [1.165, 1.54) is 12.1 Å². The lowest BCUT2D eigenvalue weighted by atomic mass is 9.85. The zero-order valence-electron chi connectivity index (χ0n) is 13.2. The Kier molecular flexibility index (Phi) is 5.61. The van der Waals surface area contributed by atoms with E-state index in [2.05, 4.69) is 24.5 Å². The topological polar surface area (TPSA) is 41.1 Å². The SMILES string of the molecule is CC(C)(CNC(=O)NCc1ccc(F)cc1)c1ccc(Cl)cc1. The molecule has 0 aliphatic carbocycles. The molecule has 122 valence electrons. The van der Waals surface area contributed by atoms with Gasteiger partial charge in [-0.3, -0.25) is 0 Å². The van der Waals surface area contributed by atoms with E-state index in [4.69, 9.17) is 11.6 Å². The minimum absolute atomic E-state index is 0.211. The summed E-state index contributed by atoms with van der Waals surface area (Å²) in [6.07, 6.45) is 0. The summed E-state index contributed by atoms with van der Waals surface area (Å²) >= 11 is 5.90. The summed E-state index contributed by atoms with van der Waals surface area (Å²) in [5.41, 5.74) is 1.73. The van der Waals surface area contributed by atoms with Crippen molar-refractivity contribution in [3.63, 3.8) is 0 Å². The molecule has 0 radical (unpaired) electrons. The van der Waals surface area contributed by atoms with Gasteiger partial charge in [0.15, 0.2) is 0 Å². The fourth-order valence-electron chi connectivity index (χ4n) is 2.15. The summed E-state index contributed by atoms with van der Waals surface area (Å²) in [7, 11) is 0. The zero-order valence-corrected chi connectivity index (χ0v) is 14.0. The van der Waals surface area contributed by atoms with Crippen molar-refractivity contribution in [2.45, 2.75) is 25.8 Å². The predicted octanol–water partition coefficient (Wildman–Crippen LogP) is 4.26. The summed E-state index contributed by atoms with van der Waals surface area (Å²) in [5, 5.41) is 6.31. The van der Waals surface area contributed by atoms with Crippen molar-refractivity contribution in [1.82, 2.24) is 10.6 Å². The standard InChI is InChI=1S/C18H20ClFN2O/c1-18(2,14-5-7-15(19)8-6-14)12-22-17(23)21-11-13-3-9-16(20)10-4-13/h3-10H,11-12H2,1-2H3,(H2,21,22,23). The smallest absolute Gasteiger partial charge is 0.315 e. The van der Waals surface area contributed by atoms with Crippen molar-refractivity contribution < 1.29 is 9.18 Å². The lowest BCUT2D eigenvalue weighted by Crippen LogP contribution is -2.42. The molecule has 2 amide bonds. The van der Waals surface area contributed by atoms with E-state index in [-0.39, 0.29) is 17.3 Å². The summed E-state index contributed by atoms with van der Waals surface area (Å²) in [5.74, 6) is -0.289. The fourth-order valence-corrected chi connectivity index (χ4v) is 2.28. The first-order valence-corrected chi connectivity index (χ1v) is 7.77. The zero-order chi connectivity index (χ0) is 16.9. The maximum absolute atomic E-state index is 12.8. The summed E-state index contributed by atoms with van der Waals surface area (Å²) < 4.78 is 12.8. The van der Waals surface area contributed by atoms with Crippen molar-refractivity contribution in [3.8, 4) is 0 Å². The molecule has 0 bridgehead atoms. The molecule has 5 heteroatoms. The molecule has 2 aromatic carbocycles. The van der Waals surface area contributed by atoms with Crippen molar-refractivity contribution in [2.75, 3.05) is 6.54 Å². The molecule has 23 heavy (non-hydrogen) atoms. The normalized spacial score (nSPS) is 11.1. The minimum atomic E-state index is -0.289. The lowest BCUT2D eigenvalue weighted by molar-refractivity contribution is 0.238. The number of rotatable bonds is 5. The second kappa shape index (κ2) is 7.47. The molecule has 0 saturated heterocycles. The molecular formula is C18H20ClFN2O. The van der Waals surface area contributed by atoms with Gasteiger partial charge < -0.3 is 10.6 Å². The minimum Gasteiger partial charge on any atom is -0.337 e. The molecule has 0 saturated carbocycles. The van der Waals surface area contributed by atoms with Crippen LogP contribution in [0.4, 0.5) is 9.18 Å². The van der Waals surface area contributed by atoms with Crippen LogP contribution in [0.2, 0.25) is 5.02 Å². The first-order valence-electron chi connectivity index (χ1n) is 7.39. The third-order valence-corrected chi connectivity index (χ3v) is 3.93. The monoisotopic (exact) mass is 334 g/mol. The van der Waals surface area contributed by atoms with E-state index >= 15 is 0 Å². The third-order valence-electron chi connectivity index (χ3n) is 3.68. The van der Waals surface area contributed by atoms with Crippen molar-refractivity contribution >= 4 is 17.6 Å². The van der Waals surface area contributed by atoms with E-state index in [1.54, 1.807) is 12.1 Å². The van der Waals surface area contributed by atoms with Gasteiger partial charge in [0.25, 0.3) is 0 Å². The Hall–Kier alpha value is -2.07.